The molecule has 4 aromatic rings. The molecule has 5 rings (SSSR count). The second-order valence-electron chi connectivity index (χ2n) is 8.16. The Morgan fingerprint density at radius 2 is 2.03 bits per heavy atom. The van der Waals surface area contributed by atoms with Gasteiger partial charge in [-0.1, -0.05) is 0 Å². The van der Waals surface area contributed by atoms with Gasteiger partial charge in [0.1, 0.15) is 0 Å². The van der Waals surface area contributed by atoms with Crippen molar-refractivity contribution in [2.24, 2.45) is 0 Å². The molecule has 1 aliphatic rings. The number of aromatic nitrogens is 5. The number of rotatable bonds is 5. The molecular formula is C22H22F3N7O2. The number of benzene rings is 1. The van der Waals surface area contributed by atoms with E-state index in [9.17, 15) is 13.2 Å². The monoisotopic (exact) mass is 473 g/mol. The molecule has 4 heterocycles. The summed E-state index contributed by atoms with van der Waals surface area (Å²) in [4.78, 5) is 15.2. The molecule has 0 aliphatic carbocycles. The van der Waals surface area contributed by atoms with Crippen LogP contribution in [0, 0.1) is 12.7 Å². The number of methoxy groups -OCH3 is 1. The number of fused-ring (bicyclic) bond motifs is 3. The van der Waals surface area contributed by atoms with Gasteiger partial charge in [0.05, 0.1) is 24.5 Å². The summed E-state index contributed by atoms with van der Waals surface area (Å²) in [5.74, 6) is 0.136. The molecule has 2 N–H and O–H groups in total. The van der Waals surface area contributed by atoms with Crippen molar-refractivity contribution >= 4 is 28.2 Å². The second-order valence-corrected chi connectivity index (χ2v) is 8.16. The molecule has 0 bridgehead atoms. The molecule has 0 amide bonds. The van der Waals surface area contributed by atoms with E-state index in [-0.39, 0.29) is 23.5 Å². The van der Waals surface area contributed by atoms with Crippen molar-refractivity contribution in [3.05, 3.63) is 41.6 Å². The van der Waals surface area contributed by atoms with Gasteiger partial charge in [-0.25, -0.2) is 19.3 Å². The molecule has 12 heteroatoms. The summed E-state index contributed by atoms with van der Waals surface area (Å²) in [6.45, 7) is 0.122. The summed E-state index contributed by atoms with van der Waals surface area (Å²) in [5, 5.41) is 5.05. The molecule has 3 aromatic heterocycles. The Balaban J connectivity index is 1.47. The number of piperidine rings is 1. The summed E-state index contributed by atoms with van der Waals surface area (Å²) in [5.41, 5.74) is 8.31. The van der Waals surface area contributed by atoms with E-state index < -0.39 is 12.4 Å². The predicted molar refractivity (Wildman–Crippen MR) is 119 cm³/mol. The van der Waals surface area contributed by atoms with Crippen molar-refractivity contribution in [3.63, 3.8) is 0 Å². The van der Waals surface area contributed by atoms with Crippen molar-refractivity contribution in [2.45, 2.75) is 32.3 Å². The Morgan fingerprint density at radius 3 is 2.76 bits per heavy atom. The molecule has 34 heavy (non-hydrogen) atoms. The van der Waals surface area contributed by atoms with Gasteiger partial charge in [-0.2, -0.15) is 13.3 Å². The fourth-order valence-electron chi connectivity index (χ4n) is 4.33. The molecule has 0 spiro atoms. The summed E-state index contributed by atoms with van der Waals surface area (Å²) < 4.78 is 50.4. The van der Waals surface area contributed by atoms with Crippen LogP contribution in [0.1, 0.15) is 30.1 Å². The molecule has 0 saturated carbocycles. The number of anilines is 2. The lowest BCUT2D eigenvalue weighted by Crippen LogP contribution is -2.35. The number of pyridine rings is 1. The van der Waals surface area contributed by atoms with Crippen molar-refractivity contribution in [1.29, 1.82) is 0 Å². The fraction of sp³-hybridized carbons (Fsp3) is 0.364. The zero-order valence-electron chi connectivity index (χ0n) is 18.5. The number of ether oxygens (including phenoxy) is 2. The van der Waals surface area contributed by atoms with Gasteiger partial charge < -0.3 is 20.1 Å². The molecule has 1 atom stereocenters. The highest BCUT2D eigenvalue weighted by Crippen LogP contribution is 2.32. The number of halogens is 3. The molecule has 9 nitrogen and oxygen atoms in total. The van der Waals surface area contributed by atoms with Gasteiger partial charge >= 0.3 is 6.61 Å². The maximum absolute atomic E-state index is 14.4. The molecule has 178 valence electrons. The van der Waals surface area contributed by atoms with Gasteiger partial charge in [0.2, 0.25) is 11.8 Å². The SMILES string of the molecule is COc1cc2nc(N)n3nc(C4CCCN(c5cnc(OC(F)F)c(C)c5)C4)nc3c2cc1F. The first-order valence-corrected chi connectivity index (χ1v) is 10.7. The Bertz CT molecular complexity index is 1380. The Labute approximate surface area is 192 Å². The van der Waals surface area contributed by atoms with Crippen LogP contribution in [0.25, 0.3) is 16.6 Å². The normalized spacial score (nSPS) is 16.5. The number of alkyl halides is 2. The molecule has 0 radical (unpaired) electrons. The van der Waals surface area contributed by atoms with Crippen molar-refractivity contribution in [3.8, 4) is 11.6 Å². The van der Waals surface area contributed by atoms with E-state index in [1.807, 2.05) is 0 Å². The first kappa shape index (κ1) is 22.0. The summed E-state index contributed by atoms with van der Waals surface area (Å²) in [7, 11) is 1.38. The number of hydrogen-bond acceptors (Lipinski definition) is 8. The largest absolute Gasteiger partial charge is 0.494 e. The first-order valence-electron chi connectivity index (χ1n) is 10.7. The maximum Gasteiger partial charge on any atom is 0.388 e. The van der Waals surface area contributed by atoms with Gasteiger partial charge in [-0.05, 0) is 31.9 Å². The number of nitrogens with zero attached hydrogens (tertiary/aromatic N) is 6. The average molecular weight is 473 g/mol. The van der Waals surface area contributed by atoms with Crippen molar-refractivity contribution in [2.75, 3.05) is 30.8 Å². The van der Waals surface area contributed by atoms with Crippen LogP contribution >= 0.6 is 0 Å². The molecule has 1 unspecified atom stereocenters. The molecular weight excluding hydrogens is 451 g/mol. The Kier molecular flexibility index (Phi) is 5.50. The zero-order chi connectivity index (χ0) is 24.0. The van der Waals surface area contributed by atoms with Crippen LogP contribution in [0.3, 0.4) is 0 Å². The minimum Gasteiger partial charge on any atom is -0.494 e. The summed E-state index contributed by atoms with van der Waals surface area (Å²) in [6.07, 6.45) is 3.24. The third-order valence-electron chi connectivity index (χ3n) is 5.95. The Hall–Kier alpha value is -3.83. The average Bonchev–Trinajstić information content (AvgIpc) is 3.27. The van der Waals surface area contributed by atoms with Crippen molar-refractivity contribution < 1.29 is 22.6 Å². The maximum atomic E-state index is 14.4. The number of hydrogen-bond donors (Lipinski definition) is 1. The highest BCUT2D eigenvalue weighted by atomic mass is 19.3. The van der Waals surface area contributed by atoms with Gasteiger partial charge in [0.25, 0.3) is 0 Å². The standard InChI is InChI=1S/C22H22F3N7O2/c1-11-6-13(9-27-20(11)34-21(24)25)31-5-3-4-12(10-31)18-29-19-14-7-15(23)17(33-2)8-16(14)28-22(26)32(19)30-18/h6-9,12,21H,3-5,10H2,1-2H3,(H2,26,28). The topological polar surface area (TPSA) is 104 Å². The lowest BCUT2D eigenvalue weighted by atomic mass is 9.97. The third-order valence-corrected chi connectivity index (χ3v) is 5.95. The van der Waals surface area contributed by atoms with Gasteiger partial charge in [-0.15, -0.1) is 5.10 Å². The molecule has 1 aliphatic heterocycles. The molecule has 1 saturated heterocycles. The highest BCUT2D eigenvalue weighted by Gasteiger charge is 2.27. The number of nitrogens with two attached hydrogens (primary N) is 1. The van der Waals surface area contributed by atoms with Crippen LogP contribution in [0.15, 0.2) is 24.4 Å². The van der Waals surface area contributed by atoms with Crippen LogP contribution in [0.2, 0.25) is 0 Å². The van der Waals surface area contributed by atoms with Gasteiger partial charge in [-0.3, -0.25) is 0 Å². The fourth-order valence-corrected chi connectivity index (χ4v) is 4.33. The molecule has 1 fully saturated rings. The van der Waals surface area contributed by atoms with Crippen LogP contribution in [-0.4, -0.2) is 51.4 Å². The quantitative estimate of drug-likeness (QED) is 0.468. The van der Waals surface area contributed by atoms with Crippen LogP contribution in [0.5, 0.6) is 11.6 Å². The van der Waals surface area contributed by atoms with E-state index in [1.54, 1.807) is 13.0 Å². The van der Waals surface area contributed by atoms with E-state index in [0.717, 1.165) is 25.1 Å². The third kappa shape index (κ3) is 3.88. The van der Waals surface area contributed by atoms with E-state index >= 15 is 0 Å². The van der Waals surface area contributed by atoms with Gasteiger partial charge in [0, 0.05) is 36.0 Å². The van der Waals surface area contributed by atoms with E-state index in [0.29, 0.717) is 34.5 Å². The first-order chi connectivity index (χ1) is 16.3. The predicted octanol–water partition coefficient (Wildman–Crippen LogP) is 3.70. The van der Waals surface area contributed by atoms with Crippen molar-refractivity contribution in [1.82, 2.24) is 24.6 Å². The lowest BCUT2D eigenvalue weighted by molar-refractivity contribution is -0.0533. The number of aryl methyl sites for hydroxylation is 1. The zero-order valence-corrected chi connectivity index (χ0v) is 18.5. The summed E-state index contributed by atoms with van der Waals surface area (Å²) in [6, 6.07) is 4.57. The van der Waals surface area contributed by atoms with Crippen LogP contribution < -0.4 is 20.1 Å². The Morgan fingerprint density at radius 1 is 1.21 bits per heavy atom. The van der Waals surface area contributed by atoms with E-state index in [2.05, 4.69) is 24.7 Å². The number of nitrogen functional groups attached to an aromatic ring is 1. The van der Waals surface area contributed by atoms with E-state index in [1.165, 1.54) is 30.0 Å². The van der Waals surface area contributed by atoms with Gasteiger partial charge in [0.15, 0.2) is 23.0 Å². The van der Waals surface area contributed by atoms with Crippen LogP contribution in [-0.2, 0) is 0 Å². The van der Waals surface area contributed by atoms with E-state index in [4.69, 9.17) is 15.5 Å². The lowest BCUT2D eigenvalue weighted by Gasteiger charge is -2.33. The smallest absolute Gasteiger partial charge is 0.388 e. The van der Waals surface area contributed by atoms with Crippen LogP contribution in [0.4, 0.5) is 24.8 Å². The summed E-state index contributed by atoms with van der Waals surface area (Å²) >= 11 is 0. The minimum absolute atomic E-state index is 0.0245. The highest BCUT2D eigenvalue weighted by molar-refractivity contribution is 5.93. The molecule has 1 aromatic carbocycles. The second kappa shape index (κ2) is 8.50. The minimum atomic E-state index is -2.93.